The number of fused-ring (bicyclic) bond motifs is 4. The molecular weight excluding hydrogens is 430 g/mol. The van der Waals surface area contributed by atoms with Crippen LogP contribution in [0.1, 0.15) is 0 Å². The van der Waals surface area contributed by atoms with Crippen LogP contribution in [0, 0.1) is 0 Å². The molecule has 0 spiro atoms. The second-order valence-corrected chi connectivity index (χ2v) is 8.44. The van der Waals surface area contributed by atoms with Crippen molar-refractivity contribution in [3.05, 3.63) is 116 Å². The van der Waals surface area contributed by atoms with Crippen LogP contribution in [0.15, 0.2) is 116 Å². The Kier molecular flexibility index (Phi) is 4.39. The lowest BCUT2D eigenvalue weighted by molar-refractivity contribution is 1.19. The number of hydrogen-bond acceptors (Lipinski definition) is 4. The normalized spacial score (nSPS) is 11.4. The highest BCUT2D eigenvalue weighted by atomic mass is 15.0. The van der Waals surface area contributed by atoms with E-state index in [9.17, 15) is 0 Å². The van der Waals surface area contributed by atoms with Gasteiger partial charge in [0.25, 0.3) is 0 Å². The summed E-state index contributed by atoms with van der Waals surface area (Å²) >= 11 is 0. The van der Waals surface area contributed by atoms with Gasteiger partial charge in [0, 0.05) is 40.5 Å². The first-order valence-corrected chi connectivity index (χ1v) is 11.5. The molecule has 35 heavy (non-hydrogen) atoms. The Balaban J connectivity index is 1.36. The summed E-state index contributed by atoms with van der Waals surface area (Å²) in [6, 6.07) is 32.8. The Hall–Kier alpha value is -4.90. The number of aromatic nitrogens is 5. The molecule has 0 aliphatic heterocycles. The zero-order valence-corrected chi connectivity index (χ0v) is 18.7. The molecule has 0 N–H and O–H groups in total. The van der Waals surface area contributed by atoms with Crippen molar-refractivity contribution < 1.29 is 0 Å². The lowest BCUT2D eigenvalue weighted by Crippen LogP contribution is -1.91. The third kappa shape index (κ3) is 3.25. The van der Waals surface area contributed by atoms with Crippen LogP contribution in [0.25, 0.3) is 61.4 Å². The predicted octanol–water partition coefficient (Wildman–Crippen LogP) is 6.83. The summed E-state index contributed by atoms with van der Waals surface area (Å²) in [5, 5.41) is 2.18. The van der Waals surface area contributed by atoms with Crippen molar-refractivity contribution in [3.63, 3.8) is 0 Å². The highest BCUT2D eigenvalue weighted by Gasteiger charge is 2.17. The standard InChI is InChI=1S/C30H19N5/c1-3-17-31-25(7-1)29-30(35-19-4-2-8-26(35)34-29)23-13-9-20(10-14-23)24-16-15-22-12-11-21-6-5-18-32-27(21)28(22)33-24/h1-19H. The minimum Gasteiger partial charge on any atom is -0.299 e. The Morgan fingerprint density at radius 3 is 2.14 bits per heavy atom. The summed E-state index contributed by atoms with van der Waals surface area (Å²) in [4.78, 5) is 19.0. The zero-order valence-electron chi connectivity index (χ0n) is 18.7. The molecule has 5 nitrogen and oxygen atoms in total. The third-order valence-corrected chi connectivity index (χ3v) is 6.32. The first-order valence-electron chi connectivity index (χ1n) is 11.5. The molecule has 0 atom stereocenters. The molecule has 0 saturated heterocycles. The van der Waals surface area contributed by atoms with Gasteiger partial charge in [-0.3, -0.25) is 14.4 Å². The quantitative estimate of drug-likeness (QED) is 0.278. The average Bonchev–Trinajstić information content (AvgIpc) is 3.33. The van der Waals surface area contributed by atoms with Crippen molar-refractivity contribution in [1.82, 2.24) is 24.3 Å². The molecule has 0 radical (unpaired) electrons. The van der Waals surface area contributed by atoms with Gasteiger partial charge in [-0.2, -0.15) is 0 Å². The molecule has 5 aromatic heterocycles. The van der Waals surface area contributed by atoms with Crippen molar-refractivity contribution in [1.29, 1.82) is 0 Å². The van der Waals surface area contributed by atoms with Gasteiger partial charge in [0.05, 0.1) is 28.1 Å². The van der Waals surface area contributed by atoms with E-state index < -0.39 is 0 Å². The van der Waals surface area contributed by atoms with Gasteiger partial charge in [-0.25, -0.2) is 9.97 Å². The van der Waals surface area contributed by atoms with E-state index in [-0.39, 0.29) is 0 Å². The van der Waals surface area contributed by atoms with E-state index in [0.717, 1.165) is 61.4 Å². The maximum atomic E-state index is 4.99. The Morgan fingerprint density at radius 1 is 0.514 bits per heavy atom. The van der Waals surface area contributed by atoms with Crippen LogP contribution in [-0.4, -0.2) is 24.3 Å². The highest BCUT2D eigenvalue weighted by molar-refractivity contribution is 6.03. The van der Waals surface area contributed by atoms with Gasteiger partial charge in [-0.05, 0) is 36.4 Å². The van der Waals surface area contributed by atoms with Crippen LogP contribution in [0.5, 0.6) is 0 Å². The molecule has 2 aromatic carbocycles. The predicted molar refractivity (Wildman–Crippen MR) is 140 cm³/mol. The molecule has 7 aromatic rings. The van der Waals surface area contributed by atoms with Crippen molar-refractivity contribution in [2.45, 2.75) is 0 Å². The molecule has 0 amide bonds. The summed E-state index contributed by atoms with van der Waals surface area (Å²) in [6.45, 7) is 0. The summed E-state index contributed by atoms with van der Waals surface area (Å²) in [5.41, 5.74) is 8.52. The first-order chi connectivity index (χ1) is 17.3. The average molecular weight is 450 g/mol. The first kappa shape index (κ1) is 19.6. The zero-order chi connectivity index (χ0) is 23.2. The fraction of sp³-hybridized carbons (Fsp3) is 0. The third-order valence-electron chi connectivity index (χ3n) is 6.32. The molecule has 164 valence electrons. The lowest BCUT2D eigenvalue weighted by atomic mass is 10.0. The van der Waals surface area contributed by atoms with Gasteiger partial charge in [0.2, 0.25) is 0 Å². The van der Waals surface area contributed by atoms with E-state index >= 15 is 0 Å². The van der Waals surface area contributed by atoms with Gasteiger partial charge < -0.3 is 0 Å². The largest absolute Gasteiger partial charge is 0.299 e. The van der Waals surface area contributed by atoms with Crippen LogP contribution in [-0.2, 0) is 0 Å². The number of benzene rings is 2. The van der Waals surface area contributed by atoms with E-state index in [0.29, 0.717) is 0 Å². The minimum atomic E-state index is 0.853. The van der Waals surface area contributed by atoms with Crippen LogP contribution in [0.4, 0.5) is 0 Å². The van der Waals surface area contributed by atoms with E-state index in [1.165, 1.54) is 0 Å². The van der Waals surface area contributed by atoms with Crippen LogP contribution < -0.4 is 0 Å². The van der Waals surface area contributed by atoms with E-state index in [1.807, 2.05) is 54.9 Å². The van der Waals surface area contributed by atoms with Gasteiger partial charge in [-0.1, -0.05) is 60.7 Å². The smallest absolute Gasteiger partial charge is 0.138 e. The number of imidazole rings is 1. The SMILES string of the molecule is c1ccc(-c2nc3ccccn3c2-c2ccc(-c3ccc4ccc5cccnc5c4n3)cc2)nc1. The maximum Gasteiger partial charge on any atom is 0.138 e. The molecule has 0 bridgehead atoms. The fourth-order valence-electron chi connectivity index (χ4n) is 4.64. The molecule has 0 unspecified atom stereocenters. The Bertz CT molecular complexity index is 1840. The van der Waals surface area contributed by atoms with Crippen molar-refractivity contribution in [2.75, 3.05) is 0 Å². The number of hydrogen-bond donors (Lipinski definition) is 0. The Labute approximate surface area is 201 Å². The molecule has 5 heterocycles. The summed E-state index contributed by atoms with van der Waals surface area (Å²) in [5.74, 6) is 0. The van der Waals surface area contributed by atoms with Crippen LogP contribution in [0.3, 0.4) is 0 Å². The lowest BCUT2D eigenvalue weighted by Gasteiger charge is -2.08. The molecule has 7 rings (SSSR count). The van der Waals surface area contributed by atoms with E-state index in [2.05, 4.69) is 69.0 Å². The fourth-order valence-corrected chi connectivity index (χ4v) is 4.64. The number of nitrogens with zero attached hydrogens (tertiary/aromatic N) is 5. The van der Waals surface area contributed by atoms with Gasteiger partial charge in [-0.15, -0.1) is 0 Å². The van der Waals surface area contributed by atoms with E-state index in [1.54, 1.807) is 6.20 Å². The highest BCUT2D eigenvalue weighted by Crippen LogP contribution is 2.33. The number of rotatable bonds is 3. The topological polar surface area (TPSA) is 56.0 Å². The Morgan fingerprint density at radius 2 is 1.29 bits per heavy atom. The molecule has 0 aliphatic carbocycles. The molecular formula is C30H19N5. The second-order valence-electron chi connectivity index (χ2n) is 8.44. The minimum absolute atomic E-state index is 0.853. The van der Waals surface area contributed by atoms with Crippen LogP contribution in [0.2, 0.25) is 0 Å². The summed E-state index contributed by atoms with van der Waals surface area (Å²) in [6.07, 6.45) is 5.66. The molecule has 0 aliphatic rings. The molecule has 0 fully saturated rings. The van der Waals surface area contributed by atoms with Gasteiger partial charge >= 0.3 is 0 Å². The second kappa shape index (κ2) is 7.85. The number of pyridine rings is 4. The van der Waals surface area contributed by atoms with Gasteiger partial charge in [0.1, 0.15) is 11.3 Å². The van der Waals surface area contributed by atoms with Crippen molar-refractivity contribution in [3.8, 4) is 33.9 Å². The van der Waals surface area contributed by atoms with Crippen LogP contribution >= 0.6 is 0 Å². The van der Waals surface area contributed by atoms with Gasteiger partial charge in [0.15, 0.2) is 0 Å². The van der Waals surface area contributed by atoms with Crippen molar-refractivity contribution >= 4 is 27.5 Å². The molecule has 0 saturated carbocycles. The monoisotopic (exact) mass is 449 g/mol. The van der Waals surface area contributed by atoms with E-state index in [4.69, 9.17) is 9.97 Å². The van der Waals surface area contributed by atoms with Crippen molar-refractivity contribution in [2.24, 2.45) is 0 Å². The molecule has 5 heteroatoms. The summed E-state index contributed by atoms with van der Waals surface area (Å²) < 4.78 is 2.12. The summed E-state index contributed by atoms with van der Waals surface area (Å²) in [7, 11) is 0. The maximum absolute atomic E-state index is 4.99.